The van der Waals surface area contributed by atoms with Gasteiger partial charge in [0.15, 0.2) is 0 Å². The Labute approximate surface area is 104 Å². The first-order valence-electron chi connectivity index (χ1n) is 5.97. The van der Waals surface area contributed by atoms with Crippen LogP contribution in [-0.2, 0) is 11.3 Å². The summed E-state index contributed by atoms with van der Waals surface area (Å²) in [6.45, 7) is 0.155. The first-order chi connectivity index (χ1) is 8.56. The summed E-state index contributed by atoms with van der Waals surface area (Å²) >= 11 is 0. The average molecular weight is 251 g/mol. The number of pyridine rings is 1. The zero-order valence-corrected chi connectivity index (χ0v) is 10.0. The van der Waals surface area contributed by atoms with Gasteiger partial charge in [-0.1, -0.05) is 0 Å². The molecule has 2 rings (SSSR count). The molecule has 1 aliphatic rings. The van der Waals surface area contributed by atoms with Gasteiger partial charge < -0.3 is 20.7 Å². The maximum atomic E-state index is 11.6. The van der Waals surface area contributed by atoms with Crippen molar-refractivity contribution in [2.45, 2.75) is 25.5 Å². The Morgan fingerprint density at radius 2 is 2.28 bits per heavy atom. The normalized spacial score (nSPS) is 16.3. The molecule has 1 heterocycles. The quantitative estimate of drug-likeness (QED) is 0.645. The molecular formula is C12H17N3O3. The Morgan fingerprint density at radius 3 is 2.94 bits per heavy atom. The van der Waals surface area contributed by atoms with Crippen molar-refractivity contribution in [2.24, 2.45) is 5.92 Å². The Morgan fingerprint density at radius 1 is 1.56 bits per heavy atom. The molecule has 0 radical (unpaired) electrons. The van der Waals surface area contributed by atoms with Gasteiger partial charge in [-0.3, -0.25) is 9.59 Å². The maximum absolute atomic E-state index is 11.6. The van der Waals surface area contributed by atoms with Gasteiger partial charge in [0.1, 0.15) is 6.54 Å². The summed E-state index contributed by atoms with van der Waals surface area (Å²) in [5.41, 5.74) is 5.70. The van der Waals surface area contributed by atoms with Crippen LogP contribution in [0.1, 0.15) is 12.8 Å². The lowest BCUT2D eigenvalue weighted by Crippen LogP contribution is -2.37. The molecule has 0 aromatic carbocycles. The van der Waals surface area contributed by atoms with Gasteiger partial charge in [0.2, 0.25) is 5.91 Å². The fourth-order valence-electron chi connectivity index (χ4n) is 1.75. The molecule has 6 nitrogen and oxygen atoms in total. The molecule has 1 atom stereocenters. The molecule has 0 spiro atoms. The van der Waals surface area contributed by atoms with Gasteiger partial charge in [-0.25, -0.2) is 0 Å². The van der Waals surface area contributed by atoms with Gasteiger partial charge in [0.25, 0.3) is 5.56 Å². The maximum Gasteiger partial charge on any atom is 0.251 e. The number of aliphatic hydroxyl groups excluding tert-OH is 1. The molecule has 0 saturated heterocycles. The van der Waals surface area contributed by atoms with E-state index >= 15 is 0 Å². The molecule has 4 N–H and O–H groups in total. The minimum absolute atomic E-state index is 0.0821. The van der Waals surface area contributed by atoms with Gasteiger partial charge in [0.05, 0.1) is 6.10 Å². The van der Waals surface area contributed by atoms with Crippen LogP contribution in [0.15, 0.2) is 23.1 Å². The number of nitrogens with zero attached hydrogens (tertiary/aromatic N) is 1. The van der Waals surface area contributed by atoms with Crippen LogP contribution in [0.2, 0.25) is 0 Å². The summed E-state index contributed by atoms with van der Waals surface area (Å²) in [6.07, 6.45) is 2.99. The number of nitrogen functional groups attached to an aromatic ring is 1. The third-order valence-electron chi connectivity index (χ3n) is 2.99. The van der Waals surface area contributed by atoms with Crippen molar-refractivity contribution in [3.8, 4) is 0 Å². The zero-order chi connectivity index (χ0) is 13.1. The van der Waals surface area contributed by atoms with Crippen molar-refractivity contribution in [3.63, 3.8) is 0 Å². The molecule has 1 fully saturated rings. The van der Waals surface area contributed by atoms with E-state index in [1.165, 1.54) is 22.9 Å². The Hall–Kier alpha value is -1.82. The predicted octanol–water partition coefficient (Wildman–Crippen LogP) is -0.682. The van der Waals surface area contributed by atoms with Gasteiger partial charge in [-0.15, -0.1) is 0 Å². The molecule has 1 amide bonds. The Balaban J connectivity index is 1.86. The molecule has 98 valence electrons. The second-order valence-corrected chi connectivity index (χ2v) is 4.64. The third-order valence-corrected chi connectivity index (χ3v) is 2.99. The highest BCUT2D eigenvalue weighted by Gasteiger charge is 2.29. The lowest BCUT2D eigenvalue weighted by Gasteiger charge is -2.11. The molecule has 1 saturated carbocycles. The van der Waals surface area contributed by atoms with E-state index in [9.17, 15) is 14.7 Å². The van der Waals surface area contributed by atoms with E-state index in [1.807, 2.05) is 0 Å². The average Bonchev–Trinajstić information content (AvgIpc) is 3.15. The number of nitrogens with one attached hydrogen (secondary N) is 1. The van der Waals surface area contributed by atoms with E-state index in [0.29, 0.717) is 11.6 Å². The standard InChI is InChI=1S/C12H17N3O3/c13-9-3-4-12(18)15(6-9)7-11(17)14-5-10(16)8-1-2-8/h3-4,6,8,10,16H,1-2,5,7,13H2,(H,14,17). The van der Waals surface area contributed by atoms with E-state index in [2.05, 4.69) is 5.32 Å². The number of hydrogen-bond donors (Lipinski definition) is 3. The van der Waals surface area contributed by atoms with Crippen LogP contribution in [-0.4, -0.2) is 28.2 Å². The molecule has 1 aliphatic carbocycles. The first-order valence-corrected chi connectivity index (χ1v) is 5.97. The van der Waals surface area contributed by atoms with Crippen LogP contribution < -0.4 is 16.6 Å². The second-order valence-electron chi connectivity index (χ2n) is 4.64. The van der Waals surface area contributed by atoms with Gasteiger partial charge in [-0.05, 0) is 24.8 Å². The highest BCUT2D eigenvalue weighted by molar-refractivity contribution is 5.75. The van der Waals surface area contributed by atoms with E-state index in [-0.39, 0.29) is 24.6 Å². The number of amides is 1. The second kappa shape index (κ2) is 5.22. The van der Waals surface area contributed by atoms with Crippen molar-refractivity contribution in [1.29, 1.82) is 0 Å². The molecule has 6 heteroatoms. The lowest BCUT2D eigenvalue weighted by atomic mass is 10.2. The van der Waals surface area contributed by atoms with E-state index in [1.54, 1.807) is 0 Å². The van der Waals surface area contributed by atoms with Gasteiger partial charge in [0, 0.05) is 24.5 Å². The van der Waals surface area contributed by atoms with Gasteiger partial charge >= 0.3 is 0 Å². The monoisotopic (exact) mass is 251 g/mol. The van der Waals surface area contributed by atoms with Crippen LogP contribution >= 0.6 is 0 Å². The fraction of sp³-hybridized carbons (Fsp3) is 0.500. The highest BCUT2D eigenvalue weighted by Crippen LogP contribution is 2.32. The highest BCUT2D eigenvalue weighted by atomic mass is 16.3. The number of nitrogens with two attached hydrogens (primary N) is 1. The summed E-state index contributed by atoms with van der Waals surface area (Å²) in [7, 11) is 0. The number of aliphatic hydroxyl groups is 1. The summed E-state index contributed by atoms with van der Waals surface area (Å²) in [4.78, 5) is 23.0. The SMILES string of the molecule is Nc1ccc(=O)n(CC(=O)NCC(O)C2CC2)c1. The van der Waals surface area contributed by atoms with Gasteiger partial charge in [-0.2, -0.15) is 0 Å². The van der Waals surface area contributed by atoms with Crippen LogP contribution in [0.25, 0.3) is 0 Å². The largest absolute Gasteiger partial charge is 0.398 e. The Kier molecular flexibility index (Phi) is 3.66. The molecule has 1 unspecified atom stereocenters. The number of carbonyl (C=O) groups excluding carboxylic acids is 1. The minimum Gasteiger partial charge on any atom is -0.398 e. The van der Waals surface area contributed by atoms with Crippen LogP contribution in [0.4, 0.5) is 5.69 Å². The predicted molar refractivity (Wildman–Crippen MR) is 66.9 cm³/mol. The first kappa shape index (κ1) is 12.6. The zero-order valence-electron chi connectivity index (χ0n) is 10.0. The van der Waals surface area contributed by atoms with E-state index in [4.69, 9.17) is 5.73 Å². The van der Waals surface area contributed by atoms with Crippen LogP contribution in [0.5, 0.6) is 0 Å². The molecule has 0 aliphatic heterocycles. The van der Waals surface area contributed by atoms with Crippen molar-refractivity contribution < 1.29 is 9.90 Å². The third kappa shape index (κ3) is 3.33. The molecule has 0 bridgehead atoms. The molecular weight excluding hydrogens is 234 g/mol. The number of rotatable bonds is 5. The smallest absolute Gasteiger partial charge is 0.251 e. The van der Waals surface area contributed by atoms with E-state index in [0.717, 1.165) is 12.8 Å². The fourth-order valence-corrected chi connectivity index (χ4v) is 1.75. The molecule has 1 aromatic rings. The molecule has 1 aromatic heterocycles. The van der Waals surface area contributed by atoms with Crippen molar-refractivity contribution in [3.05, 3.63) is 28.7 Å². The number of aromatic nitrogens is 1. The number of hydrogen-bond acceptors (Lipinski definition) is 4. The summed E-state index contributed by atoms with van der Waals surface area (Å²) < 4.78 is 1.24. The molecule has 18 heavy (non-hydrogen) atoms. The summed E-state index contributed by atoms with van der Waals surface area (Å²) in [6, 6.07) is 2.81. The summed E-state index contributed by atoms with van der Waals surface area (Å²) in [5, 5.41) is 12.2. The lowest BCUT2D eigenvalue weighted by molar-refractivity contribution is -0.122. The summed E-state index contributed by atoms with van der Waals surface area (Å²) in [5.74, 6) is 0.0165. The minimum atomic E-state index is -0.480. The van der Waals surface area contributed by atoms with Crippen LogP contribution in [0, 0.1) is 5.92 Å². The van der Waals surface area contributed by atoms with Crippen molar-refractivity contribution in [1.82, 2.24) is 9.88 Å². The van der Waals surface area contributed by atoms with Crippen molar-refractivity contribution >= 4 is 11.6 Å². The van der Waals surface area contributed by atoms with Crippen LogP contribution in [0.3, 0.4) is 0 Å². The number of anilines is 1. The topological polar surface area (TPSA) is 97.4 Å². The Bertz CT molecular complexity index is 494. The number of carbonyl (C=O) groups is 1. The van der Waals surface area contributed by atoms with E-state index < -0.39 is 6.10 Å². The van der Waals surface area contributed by atoms with Crippen molar-refractivity contribution in [2.75, 3.05) is 12.3 Å².